The minimum Gasteiger partial charge on any atom is -0.379 e. The number of rotatable bonds is 2. The highest BCUT2D eigenvalue weighted by molar-refractivity contribution is 5.86. The minimum absolute atomic E-state index is 0.230. The lowest BCUT2D eigenvalue weighted by Crippen LogP contribution is -2.56. The number of piperidine rings is 1. The normalized spacial score (nSPS) is 25.3. The molecular formula is C18H21NO. The Labute approximate surface area is 120 Å². The van der Waals surface area contributed by atoms with Gasteiger partial charge in [-0.3, -0.25) is 0 Å². The van der Waals surface area contributed by atoms with Crippen LogP contribution in [-0.4, -0.2) is 26.3 Å². The molecule has 2 fully saturated rings. The van der Waals surface area contributed by atoms with Crippen LogP contribution in [0, 0.1) is 5.92 Å². The number of ether oxygens (including phenoxy) is 1. The van der Waals surface area contributed by atoms with Crippen LogP contribution in [0.1, 0.15) is 18.4 Å². The van der Waals surface area contributed by atoms with Crippen molar-refractivity contribution >= 4 is 10.8 Å². The number of fused-ring (bicyclic) bond motifs is 1. The fourth-order valence-electron chi connectivity index (χ4n) is 3.92. The monoisotopic (exact) mass is 267 g/mol. The molecule has 2 heterocycles. The molecule has 0 bridgehead atoms. The highest BCUT2D eigenvalue weighted by atomic mass is 16.5. The third kappa shape index (κ3) is 1.79. The van der Waals surface area contributed by atoms with Crippen molar-refractivity contribution in [1.82, 2.24) is 5.32 Å². The summed E-state index contributed by atoms with van der Waals surface area (Å²) in [5.41, 5.74) is 1.73. The third-order valence-corrected chi connectivity index (χ3v) is 5.12. The van der Waals surface area contributed by atoms with Crippen LogP contribution in [0.4, 0.5) is 0 Å². The van der Waals surface area contributed by atoms with Crippen molar-refractivity contribution in [3.05, 3.63) is 48.0 Å². The SMILES string of the molecule is c1ccc2c(C3(C4CCCNC4)COC3)cccc2c1. The van der Waals surface area contributed by atoms with Gasteiger partial charge in [-0.05, 0) is 48.2 Å². The number of nitrogens with one attached hydrogen (secondary N) is 1. The molecule has 1 unspecified atom stereocenters. The van der Waals surface area contributed by atoms with Crippen LogP contribution in [0.5, 0.6) is 0 Å². The van der Waals surface area contributed by atoms with Gasteiger partial charge in [0.05, 0.1) is 13.2 Å². The van der Waals surface area contributed by atoms with Crippen molar-refractivity contribution in [3.63, 3.8) is 0 Å². The highest BCUT2D eigenvalue weighted by Crippen LogP contribution is 2.44. The Balaban J connectivity index is 1.83. The van der Waals surface area contributed by atoms with Gasteiger partial charge in [-0.1, -0.05) is 42.5 Å². The second kappa shape index (κ2) is 4.87. The van der Waals surface area contributed by atoms with Crippen LogP contribution in [0.15, 0.2) is 42.5 Å². The lowest BCUT2D eigenvalue weighted by atomic mass is 9.65. The van der Waals surface area contributed by atoms with Gasteiger partial charge in [0.25, 0.3) is 0 Å². The van der Waals surface area contributed by atoms with Crippen molar-refractivity contribution in [2.75, 3.05) is 26.3 Å². The Morgan fingerprint density at radius 3 is 2.65 bits per heavy atom. The van der Waals surface area contributed by atoms with E-state index in [0.717, 1.165) is 19.8 Å². The van der Waals surface area contributed by atoms with E-state index in [2.05, 4.69) is 47.8 Å². The first kappa shape index (κ1) is 12.4. The van der Waals surface area contributed by atoms with Crippen LogP contribution < -0.4 is 5.32 Å². The van der Waals surface area contributed by atoms with E-state index in [1.165, 1.54) is 35.7 Å². The van der Waals surface area contributed by atoms with Crippen LogP contribution >= 0.6 is 0 Å². The Kier molecular flexibility index (Phi) is 3.01. The quantitative estimate of drug-likeness (QED) is 0.902. The maximum absolute atomic E-state index is 5.67. The van der Waals surface area contributed by atoms with Crippen LogP contribution in [0.2, 0.25) is 0 Å². The molecule has 0 spiro atoms. The summed E-state index contributed by atoms with van der Waals surface area (Å²) in [7, 11) is 0. The smallest absolute Gasteiger partial charge is 0.0589 e. The van der Waals surface area contributed by atoms with Gasteiger partial charge in [0.1, 0.15) is 0 Å². The van der Waals surface area contributed by atoms with Gasteiger partial charge in [-0.25, -0.2) is 0 Å². The van der Waals surface area contributed by atoms with Gasteiger partial charge >= 0.3 is 0 Å². The Morgan fingerprint density at radius 1 is 1.05 bits per heavy atom. The summed E-state index contributed by atoms with van der Waals surface area (Å²) in [4.78, 5) is 0. The largest absolute Gasteiger partial charge is 0.379 e. The molecular weight excluding hydrogens is 246 g/mol. The molecule has 2 aromatic carbocycles. The zero-order valence-electron chi connectivity index (χ0n) is 11.8. The Bertz CT molecular complexity index is 606. The molecule has 0 radical (unpaired) electrons. The van der Waals surface area contributed by atoms with Crippen molar-refractivity contribution in [1.29, 1.82) is 0 Å². The first-order chi connectivity index (χ1) is 9.90. The molecule has 0 saturated carbocycles. The molecule has 4 rings (SSSR count). The predicted molar refractivity (Wildman–Crippen MR) is 82.0 cm³/mol. The molecule has 2 aliphatic heterocycles. The molecule has 2 saturated heterocycles. The number of benzene rings is 2. The van der Waals surface area contributed by atoms with Crippen molar-refractivity contribution in [2.45, 2.75) is 18.3 Å². The third-order valence-electron chi connectivity index (χ3n) is 5.12. The Morgan fingerprint density at radius 2 is 1.90 bits per heavy atom. The van der Waals surface area contributed by atoms with E-state index in [9.17, 15) is 0 Å². The topological polar surface area (TPSA) is 21.3 Å². The molecule has 0 aliphatic carbocycles. The van der Waals surface area contributed by atoms with E-state index < -0.39 is 0 Å². The number of hydrogen-bond acceptors (Lipinski definition) is 2. The van der Waals surface area contributed by atoms with Gasteiger partial charge in [-0.15, -0.1) is 0 Å². The molecule has 20 heavy (non-hydrogen) atoms. The van der Waals surface area contributed by atoms with E-state index in [4.69, 9.17) is 4.74 Å². The fraction of sp³-hybridized carbons (Fsp3) is 0.444. The standard InChI is InChI=1S/C18H21NO/c1-2-8-16-14(5-1)6-3-9-17(16)18(12-20-13-18)15-7-4-10-19-11-15/h1-3,5-6,8-9,15,19H,4,7,10-13H2. The van der Waals surface area contributed by atoms with Crippen LogP contribution in [-0.2, 0) is 10.2 Å². The van der Waals surface area contributed by atoms with Crippen molar-refractivity contribution in [2.24, 2.45) is 5.92 Å². The second-order valence-electron chi connectivity index (χ2n) is 6.22. The fourth-order valence-corrected chi connectivity index (χ4v) is 3.92. The summed E-state index contributed by atoms with van der Waals surface area (Å²) in [6, 6.07) is 15.5. The van der Waals surface area contributed by atoms with Crippen LogP contribution in [0.25, 0.3) is 10.8 Å². The summed E-state index contributed by atoms with van der Waals surface area (Å²) in [6.45, 7) is 4.07. The minimum atomic E-state index is 0.230. The van der Waals surface area contributed by atoms with Gasteiger partial charge in [0.2, 0.25) is 0 Å². The van der Waals surface area contributed by atoms with Gasteiger partial charge in [0, 0.05) is 5.41 Å². The van der Waals surface area contributed by atoms with Gasteiger partial charge in [-0.2, -0.15) is 0 Å². The molecule has 0 amide bonds. The van der Waals surface area contributed by atoms with E-state index in [0.29, 0.717) is 5.92 Å². The zero-order valence-corrected chi connectivity index (χ0v) is 11.8. The average molecular weight is 267 g/mol. The summed E-state index contributed by atoms with van der Waals surface area (Å²) in [5, 5.41) is 6.32. The van der Waals surface area contributed by atoms with Crippen LogP contribution in [0.3, 0.4) is 0 Å². The zero-order chi connectivity index (χ0) is 13.4. The molecule has 104 valence electrons. The lowest BCUT2D eigenvalue weighted by Gasteiger charge is -2.49. The first-order valence-corrected chi connectivity index (χ1v) is 7.67. The Hall–Kier alpha value is -1.38. The lowest BCUT2D eigenvalue weighted by molar-refractivity contribution is -0.0940. The summed E-state index contributed by atoms with van der Waals surface area (Å²) < 4.78 is 5.67. The van der Waals surface area contributed by atoms with E-state index in [1.807, 2.05) is 0 Å². The molecule has 1 N–H and O–H groups in total. The maximum Gasteiger partial charge on any atom is 0.0589 e. The predicted octanol–water partition coefficient (Wildman–Crippen LogP) is 3.11. The highest BCUT2D eigenvalue weighted by Gasteiger charge is 2.47. The maximum atomic E-state index is 5.67. The van der Waals surface area contributed by atoms with Gasteiger partial charge in [0.15, 0.2) is 0 Å². The summed E-state index contributed by atoms with van der Waals surface area (Å²) in [6.07, 6.45) is 2.61. The second-order valence-corrected chi connectivity index (χ2v) is 6.22. The summed E-state index contributed by atoms with van der Waals surface area (Å²) >= 11 is 0. The van der Waals surface area contributed by atoms with Gasteiger partial charge < -0.3 is 10.1 Å². The molecule has 2 aromatic rings. The molecule has 0 aromatic heterocycles. The van der Waals surface area contributed by atoms with Crippen molar-refractivity contribution < 1.29 is 4.74 Å². The number of hydrogen-bond donors (Lipinski definition) is 1. The molecule has 2 heteroatoms. The summed E-state index contributed by atoms with van der Waals surface area (Å²) in [5.74, 6) is 0.704. The average Bonchev–Trinajstić information content (AvgIpc) is 2.48. The molecule has 1 atom stereocenters. The van der Waals surface area contributed by atoms with E-state index >= 15 is 0 Å². The molecule has 2 nitrogen and oxygen atoms in total. The van der Waals surface area contributed by atoms with Crippen molar-refractivity contribution in [3.8, 4) is 0 Å². The first-order valence-electron chi connectivity index (χ1n) is 7.67. The molecule has 2 aliphatic rings. The van der Waals surface area contributed by atoms with E-state index in [-0.39, 0.29) is 5.41 Å². The van der Waals surface area contributed by atoms with E-state index in [1.54, 1.807) is 0 Å².